The fraction of sp³-hybridized carbons (Fsp3) is 0.600. The summed E-state index contributed by atoms with van der Waals surface area (Å²) in [5, 5.41) is 0. The van der Waals surface area contributed by atoms with Crippen molar-refractivity contribution in [2.45, 2.75) is 45.6 Å². The van der Waals surface area contributed by atoms with E-state index in [1.54, 1.807) is 0 Å². The van der Waals surface area contributed by atoms with E-state index in [2.05, 4.69) is 55.4 Å². The molecule has 1 aliphatic rings. The van der Waals surface area contributed by atoms with Gasteiger partial charge in [-0.3, -0.25) is 4.98 Å². The van der Waals surface area contributed by atoms with Crippen LogP contribution >= 0.6 is 0 Å². The molecular formula is C15H23HoN2-. The van der Waals surface area contributed by atoms with Crippen LogP contribution in [0.2, 0.25) is 0 Å². The Bertz CT molecular complexity index is 342. The predicted octanol–water partition coefficient (Wildman–Crippen LogP) is 3.57. The largest absolute Gasteiger partial charge is 0.326 e. The molecule has 0 aliphatic carbocycles. The van der Waals surface area contributed by atoms with E-state index < -0.39 is 0 Å². The van der Waals surface area contributed by atoms with Crippen molar-refractivity contribution < 1.29 is 37.7 Å². The Balaban J connectivity index is 0.00000162. The molecule has 18 heavy (non-hydrogen) atoms. The molecule has 0 saturated carbocycles. The Hall–Kier alpha value is 0.370. The van der Waals surface area contributed by atoms with Crippen LogP contribution in [-0.2, 0) is 0 Å². The van der Waals surface area contributed by atoms with Gasteiger partial charge < -0.3 is 11.3 Å². The molecule has 3 heteroatoms. The molecule has 0 N–H and O–H groups in total. The minimum Gasteiger partial charge on any atom is -0.326 e. The molecule has 105 valence electrons. The summed E-state index contributed by atoms with van der Waals surface area (Å²) < 4.78 is 0. The molecule has 2 heterocycles. The van der Waals surface area contributed by atoms with Crippen molar-refractivity contribution in [3.05, 3.63) is 36.0 Å². The predicted molar refractivity (Wildman–Crippen MR) is 71.8 cm³/mol. The van der Waals surface area contributed by atoms with Crippen molar-refractivity contribution in [3.8, 4) is 0 Å². The van der Waals surface area contributed by atoms with Gasteiger partial charge >= 0.3 is 0 Å². The normalized spacial score (nSPS) is 18.4. The number of hydrogen-bond donors (Lipinski definition) is 0. The van der Waals surface area contributed by atoms with Crippen LogP contribution in [0.1, 0.15) is 56.8 Å². The molecule has 0 spiro atoms. The quantitative estimate of drug-likeness (QED) is 0.574. The summed E-state index contributed by atoms with van der Waals surface area (Å²) >= 11 is 0. The van der Waals surface area contributed by atoms with Crippen LogP contribution in [0.15, 0.2) is 18.3 Å². The van der Waals surface area contributed by atoms with E-state index in [0.29, 0.717) is 12.0 Å². The second-order valence-electron chi connectivity index (χ2n) is 5.25. The summed E-state index contributed by atoms with van der Waals surface area (Å²) in [6, 6.07) is 4.91. The van der Waals surface area contributed by atoms with Gasteiger partial charge in [0, 0.05) is 55.7 Å². The number of likely N-dealkylation sites (tertiary alicyclic amines) is 1. The van der Waals surface area contributed by atoms with Gasteiger partial charge in [0.05, 0.1) is 0 Å². The van der Waals surface area contributed by atoms with Gasteiger partial charge in [-0.1, -0.05) is 19.9 Å². The smallest absolute Gasteiger partial charge is 0.0429 e. The van der Waals surface area contributed by atoms with Gasteiger partial charge in [-0.15, -0.1) is 0 Å². The maximum atomic E-state index is 4.56. The Morgan fingerprint density at radius 2 is 1.83 bits per heavy atom. The van der Waals surface area contributed by atoms with Crippen molar-refractivity contribution in [1.29, 1.82) is 0 Å². The van der Waals surface area contributed by atoms with Crippen molar-refractivity contribution in [3.63, 3.8) is 0 Å². The summed E-state index contributed by atoms with van der Waals surface area (Å²) in [5.74, 6) is 0.518. The second kappa shape index (κ2) is 7.84. The molecular weight excluding hydrogens is 373 g/mol. The fourth-order valence-electron chi connectivity index (χ4n) is 2.37. The molecule has 0 bridgehead atoms. The minimum atomic E-state index is 0. The van der Waals surface area contributed by atoms with Crippen LogP contribution in [0.25, 0.3) is 0 Å². The van der Waals surface area contributed by atoms with E-state index in [1.165, 1.54) is 37.2 Å². The third kappa shape index (κ3) is 4.19. The summed E-state index contributed by atoms with van der Waals surface area (Å²) in [5.41, 5.74) is 2.53. The molecule has 1 aliphatic heterocycles. The SMILES string of the molecule is CC(C)c1ccc(C(C)N2CC[CH-]CC2)cn1.[Ho]. The first-order valence-electron chi connectivity index (χ1n) is 6.70. The first kappa shape index (κ1) is 16.4. The topological polar surface area (TPSA) is 16.1 Å². The van der Waals surface area contributed by atoms with Crippen LogP contribution in [0.5, 0.6) is 0 Å². The van der Waals surface area contributed by atoms with Gasteiger partial charge in [-0.2, -0.15) is 12.8 Å². The summed E-state index contributed by atoms with van der Waals surface area (Å²) in [6.07, 6.45) is 6.89. The average Bonchev–Trinajstić information content (AvgIpc) is 2.39. The third-order valence-electron chi connectivity index (χ3n) is 3.67. The Morgan fingerprint density at radius 3 is 2.33 bits per heavy atom. The van der Waals surface area contributed by atoms with Crippen LogP contribution in [-0.4, -0.2) is 23.0 Å². The molecule has 2 nitrogen and oxygen atoms in total. The fourth-order valence-corrected chi connectivity index (χ4v) is 2.37. The van der Waals surface area contributed by atoms with E-state index >= 15 is 0 Å². The van der Waals surface area contributed by atoms with Gasteiger partial charge in [-0.25, -0.2) is 0 Å². The number of piperidine rings is 1. The zero-order chi connectivity index (χ0) is 12.3. The second-order valence-corrected chi connectivity index (χ2v) is 5.25. The summed E-state index contributed by atoms with van der Waals surface area (Å²) in [7, 11) is 0. The Morgan fingerprint density at radius 1 is 1.17 bits per heavy atom. The number of nitrogens with zero attached hydrogens (tertiary/aromatic N) is 2. The molecule has 1 radical (unpaired) electrons. The molecule has 1 aromatic rings. The van der Waals surface area contributed by atoms with Crippen molar-refractivity contribution in [2.75, 3.05) is 13.1 Å². The van der Waals surface area contributed by atoms with Crippen LogP contribution in [0.4, 0.5) is 0 Å². The maximum Gasteiger partial charge on any atom is 0.0429 e. The zero-order valence-corrected chi connectivity index (χ0v) is 13.4. The van der Waals surface area contributed by atoms with Gasteiger partial charge in [-0.05, 0) is 37.6 Å². The number of hydrogen-bond acceptors (Lipinski definition) is 2. The first-order chi connectivity index (χ1) is 8.18. The van der Waals surface area contributed by atoms with Crippen molar-refractivity contribution in [1.82, 2.24) is 9.88 Å². The monoisotopic (exact) mass is 396 g/mol. The summed E-state index contributed by atoms with van der Waals surface area (Å²) in [4.78, 5) is 7.11. The zero-order valence-electron chi connectivity index (χ0n) is 11.5. The third-order valence-corrected chi connectivity index (χ3v) is 3.67. The molecule has 0 aromatic carbocycles. The standard InChI is InChI=1S/C15H23N2.Ho/c1-12(2)15-8-7-14(11-16-15)13(3)17-9-5-4-6-10-17;/h4,7-8,11-13H,5-6,9-10H2,1-3H3;/q-1;. The van der Waals surface area contributed by atoms with Crippen molar-refractivity contribution >= 4 is 0 Å². The average molecular weight is 396 g/mol. The van der Waals surface area contributed by atoms with E-state index in [1.807, 2.05) is 0 Å². The first-order valence-corrected chi connectivity index (χ1v) is 6.70. The van der Waals surface area contributed by atoms with Crippen LogP contribution in [0, 0.1) is 44.2 Å². The van der Waals surface area contributed by atoms with Gasteiger partial charge in [0.1, 0.15) is 0 Å². The summed E-state index contributed by atoms with van der Waals surface area (Å²) in [6.45, 7) is 9.04. The molecule has 1 saturated heterocycles. The van der Waals surface area contributed by atoms with Gasteiger partial charge in [0.15, 0.2) is 0 Å². The molecule has 1 aromatic heterocycles. The number of rotatable bonds is 3. The van der Waals surface area contributed by atoms with Crippen LogP contribution < -0.4 is 0 Å². The van der Waals surface area contributed by atoms with Gasteiger partial charge in [0.25, 0.3) is 0 Å². The Kier molecular flexibility index (Phi) is 7.15. The van der Waals surface area contributed by atoms with Crippen molar-refractivity contribution in [2.24, 2.45) is 0 Å². The number of aromatic nitrogens is 1. The van der Waals surface area contributed by atoms with Gasteiger partial charge in [0.2, 0.25) is 0 Å². The van der Waals surface area contributed by atoms with E-state index in [9.17, 15) is 0 Å². The molecule has 1 fully saturated rings. The van der Waals surface area contributed by atoms with E-state index in [-0.39, 0.29) is 37.7 Å². The van der Waals surface area contributed by atoms with Crippen LogP contribution in [0.3, 0.4) is 0 Å². The molecule has 1 unspecified atom stereocenters. The molecule has 2 rings (SSSR count). The maximum absolute atomic E-state index is 4.56. The molecule has 0 amide bonds. The minimum absolute atomic E-state index is 0. The van der Waals surface area contributed by atoms with E-state index in [4.69, 9.17) is 0 Å². The van der Waals surface area contributed by atoms with E-state index in [0.717, 1.165) is 0 Å². The Labute approximate surface area is 141 Å². The number of pyridine rings is 1. The molecule has 1 atom stereocenters.